The van der Waals surface area contributed by atoms with E-state index in [1.54, 1.807) is 0 Å². The molecule has 0 spiro atoms. The van der Waals surface area contributed by atoms with Crippen LogP contribution in [0.3, 0.4) is 0 Å². The van der Waals surface area contributed by atoms with Gasteiger partial charge in [0.05, 0.1) is 5.51 Å². The Morgan fingerprint density at radius 1 is 1.21 bits per heavy atom. The van der Waals surface area contributed by atoms with E-state index in [1.165, 1.54) is 12.1 Å². The molecule has 0 radical (unpaired) electrons. The van der Waals surface area contributed by atoms with E-state index in [0.717, 1.165) is 17.6 Å². The van der Waals surface area contributed by atoms with E-state index < -0.39 is 28.5 Å². The maximum atomic E-state index is 12.6. The van der Waals surface area contributed by atoms with Gasteiger partial charge >= 0.3 is 6.18 Å². The molecule has 19 heavy (non-hydrogen) atoms. The fourth-order valence-electron chi connectivity index (χ4n) is 1.33. The highest BCUT2D eigenvalue weighted by Gasteiger charge is 2.38. The van der Waals surface area contributed by atoms with Gasteiger partial charge in [0.1, 0.15) is 10.7 Å². The van der Waals surface area contributed by atoms with Crippen LogP contribution in [0.5, 0.6) is 0 Å². The van der Waals surface area contributed by atoms with Crippen LogP contribution in [0.25, 0.3) is 0 Å². The molecule has 0 fully saturated rings. The third-order valence-corrected chi connectivity index (χ3v) is 2.97. The third-order valence-electron chi connectivity index (χ3n) is 2.14. The minimum Gasteiger partial charge on any atom is -0.321 e. The van der Waals surface area contributed by atoms with Gasteiger partial charge in [-0.05, 0) is 24.3 Å². The van der Waals surface area contributed by atoms with Crippen LogP contribution in [0, 0.1) is 5.82 Å². The second-order valence-electron chi connectivity index (χ2n) is 3.49. The summed E-state index contributed by atoms with van der Waals surface area (Å²) < 4.78 is 50.3. The van der Waals surface area contributed by atoms with E-state index in [-0.39, 0.29) is 5.69 Å². The summed E-state index contributed by atoms with van der Waals surface area (Å²) in [6, 6.07) is 4.68. The first-order chi connectivity index (χ1) is 8.88. The smallest absolute Gasteiger partial charge is 0.321 e. The quantitative estimate of drug-likeness (QED) is 0.859. The zero-order valence-corrected chi connectivity index (χ0v) is 9.98. The number of nitrogens with one attached hydrogen (secondary N) is 1. The first kappa shape index (κ1) is 13.5. The van der Waals surface area contributed by atoms with E-state index in [4.69, 9.17) is 0 Å². The molecule has 1 amide bonds. The Bertz CT molecular complexity index is 591. The summed E-state index contributed by atoms with van der Waals surface area (Å²) in [6.07, 6.45) is -4.69. The third kappa shape index (κ3) is 3.08. The summed E-state index contributed by atoms with van der Waals surface area (Å²) in [5.41, 5.74) is -0.0763. The molecular weight excluding hydrogens is 284 g/mol. The fourth-order valence-corrected chi connectivity index (χ4v) is 2.03. The number of carbonyl (C=O) groups excluding carboxylic acids is 1. The van der Waals surface area contributed by atoms with Gasteiger partial charge < -0.3 is 5.32 Å². The van der Waals surface area contributed by atoms with Crippen LogP contribution < -0.4 is 5.32 Å². The molecule has 100 valence electrons. The highest BCUT2D eigenvalue weighted by Crippen LogP contribution is 2.32. The number of halogens is 4. The van der Waals surface area contributed by atoms with Crippen LogP contribution in [-0.2, 0) is 6.18 Å². The van der Waals surface area contributed by atoms with Crippen molar-refractivity contribution in [3.05, 3.63) is 46.2 Å². The predicted molar refractivity (Wildman–Crippen MR) is 61.5 cm³/mol. The van der Waals surface area contributed by atoms with Crippen molar-refractivity contribution in [2.75, 3.05) is 5.32 Å². The average Bonchev–Trinajstić information content (AvgIpc) is 2.81. The lowest BCUT2D eigenvalue weighted by molar-refractivity contribution is -0.141. The molecule has 0 bridgehead atoms. The SMILES string of the molecule is O=C(Nc1ccc(F)cc1)c1scnc1C(F)(F)F. The molecule has 0 unspecified atom stereocenters. The Balaban J connectivity index is 2.21. The maximum Gasteiger partial charge on any atom is 0.434 e. The van der Waals surface area contributed by atoms with E-state index in [1.807, 2.05) is 0 Å². The van der Waals surface area contributed by atoms with Gasteiger partial charge in [-0.1, -0.05) is 0 Å². The van der Waals surface area contributed by atoms with Crippen LogP contribution in [0.2, 0.25) is 0 Å². The molecule has 1 aromatic carbocycles. The minimum atomic E-state index is -4.69. The molecule has 2 rings (SSSR count). The Kier molecular flexibility index (Phi) is 3.52. The molecule has 1 N–H and O–H groups in total. The molecule has 8 heteroatoms. The van der Waals surface area contributed by atoms with Crippen LogP contribution in [0.1, 0.15) is 15.4 Å². The normalized spacial score (nSPS) is 11.4. The summed E-state index contributed by atoms with van der Waals surface area (Å²) in [6.45, 7) is 0. The van der Waals surface area contributed by atoms with E-state index in [0.29, 0.717) is 11.3 Å². The molecule has 1 heterocycles. The molecule has 1 aromatic heterocycles. The largest absolute Gasteiger partial charge is 0.434 e. The minimum absolute atomic E-state index is 0.202. The predicted octanol–water partition coefficient (Wildman–Crippen LogP) is 3.55. The van der Waals surface area contributed by atoms with Crippen LogP contribution in [0.4, 0.5) is 23.2 Å². The topological polar surface area (TPSA) is 42.0 Å². The average molecular weight is 290 g/mol. The number of hydrogen-bond donors (Lipinski definition) is 1. The van der Waals surface area contributed by atoms with Crippen LogP contribution in [0.15, 0.2) is 29.8 Å². The number of nitrogens with zero attached hydrogens (tertiary/aromatic N) is 1. The van der Waals surface area contributed by atoms with Crippen molar-refractivity contribution in [2.24, 2.45) is 0 Å². The molecule has 0 saturated carbocycles. The van der Waals surface area contributed by atoms with Gasteiger partial charge in [-0.25, -0.2) is 9.37 Å². The van der Waals surface area contributed by atoms with Crippen molar-refractivity contribution in [1.29, 1.82) is 0 Å². The zero-order chi connectivity index (χ0) is 14.0. The lowest BCUT2D eigenvalue weighted by atomic mass is 10.3. The first-order valence-corrected chi connectivity index (χ1v) is 5.83. The summed E-state index contributed by atoms with van der Waals surface area (Å²) in [4.78, 5) is 14.3. The molecule has 3 nitrogen and oxygen atoms in total. The molecule has 0 atom stereocenters. The van der Waals surface area contributed by atoms with Gasteiger partial charge in [-0.3, -0.25) is 4.79 Å². The van der Waals surface area contributed by atoms with Gasteiger partial charge in [0.25, 0.3) is 5.91 Å². The molecule has 0 aliphatic carbocycles. The van der Waals surface area contributed by atoms with E-state index in [2.05, 4.69) is 10.3 Å². The number of amides is 1. The standard InChI is InChI=1S/C11H6F4N2OS/c12-6-1-3-7(4-2-6)17-10(18)8-9(11(13,14)15)16-5-19-8/h1-5H,(H,17,18). The van der Waals surface area contributed by atoms with Gasteiger partial charge in [-0.2, -0.15) is 13.2 Å². The summed E-state index contributed by atoms with van der Waals surface area (Å²) in [5, 5.41) is 2.25. The van der Waals surface area contributed by atoms with Crippen molar-refractivity contribution in [3.63, 3.8) is 0 Å². The van der Waals surface area contributed by atoms with Gasteiger partial charge in [0.15, 0.2) is 5.69 Å². The van der Waals surface area contributed by atoms with Crippen LogP contribution in [-0.4, -0.2) is 10.9 Å². The van der Waals surface area contributed by atoms with Gasteiger partial charge in [0, 0.05) is 5.69 Å². The highest BCUT2D eigenvalue weighted by molar-refractivity contribution is 7.12. The van der Waals surface area contributed by atoms with E-state index in [9.17, 15) is 22.4 Å². The molecule has 0 saturated heterocycles. The first-order valence-electron chi connectivity index (χ1n) is 4.95. The van der Waals surface area contributed by atoms with Crippen molar-refractivity contribution in [1.82, 2.24) is 4.98 Å². The lowest BCUT2D eigenvalue weighted by Crippen LogP contribution is -2.17. The Morgan fingerprint density at radius 2 is 1.84 bits per heavy atom. The lowest BCUT2D eigenvalue weighted by Gasteiger charge is -2.07. The summed E-state index contributed by atoms with van der Waals surface area (Å²) >= 11 is 0.590. The van der Waals surface area contributed by atoms with Crippen molar-refractivity contribution >= 4 is 22.9 Å². The zero-order valence-electron chi connectivity index (χ0n) is 9.16. The summed E-state index contributed by atoms with van der Waals surface area (Å²) in [7, 11) is 0. The van der Waals surface area contributed by atoms with Crippen molar-refractivity contribution in [3.8, 4) is 0 Å². The van der Waals surface area contributed by atoms with Crippen molar-refractivity contribution in [2.45, 2.75) is 6.18 Å². The number of carbonyl (C=O) groups is 1. The number of hydrogen-bond acceptors (Lipinski definition) is 3. The number of anilines is 1. The number of benzene rings is 1. The van der Waals surface area contributed by atoms with Crippen LogP contribution >= 0.6 is 11.3 Å². The molecule has 0 aliphatic heterocycles. The fraction of sp³-hybridized carbons (Fsp3) is 0.0909. The number of rotatable bonds is 2. The highest BCUT2D eigenvalue weighted by atomic mass is 32.1. The Morgan fingerprint density at radius 3 is 2.42 bits per heavy atom. The molecule has 2 aromatic rings. The van der Waals surface area contributed by atoms with E-state index >= 15 is 0 Å². The molecule has 0 aliphatic rings. The number of thiazole rings is 1. The number of alkyl halides is 3. The van der Waals surface area contributed by atoms with Crippen molar-refractivity contribution < 1.29 is 22.4 Å². The van der Waals surface area contributed by atoms with Gasteiger partial charge in [-0.15, -0.1) is 11.3 Å². The second-order valence-corrected chi connectivity index (χ2v) is 4.34. The second kappa shape index (κ2) is 4.96. The molecular formula is C11H6F4N2OS. The number of aromatic nitrogens is 1. The monoisotopic (exact) mass is 290 g/mol. The maximum absolute atomic E-state index is 12.6. The summed E-state index contributed by atoms with van der Waals surface area (Å²) in [5.74, 6) is -1.44. The Labute approximate surface area is 108 Å². The Hall–Kier alpha value is -1.96. The van der Waals surface area contributed by atoms with Gasteiger partial charge in [0.2, 0.25) is 0 Å².